The summed E-state index contributed by atoms with van der Waals surface area (Å²) in [5, 5.41) is 10.5. The average Bonchev–Trinajstić information content (AvgIpc) is 2.57. The van der Waals surface area contributed by atoms with Gasteiger partial charge in [-0.1, -0.05) is 35.9 Å². The predicted octanol–water partition coefficient (Wildman–Crippen LogP) is 2.60. The Kier molecular flexibility index (Phi) is 4.35. The van der Waals surface area contributed by atoms with E-state index in [9.17, 15) is 14.7 Å². The Hall–Kier alpha value is -3.41. The second-order valence-electron chi connectivity index (χ2n) is 5.71. The van der Waals surface area contributed by atoms with Crippen LogP contribution in [0.15, 0.2) is 63.1 Å². The summed E-state index contributed by atoms with van der Waals surface area (Å²) in [4.78, 5) is 30.7. The lowest BCUT2D eigenvalue weighted by Gasteiger charge is -2.11. The van der Waals surface area contributed by atoms with Gasteiger partial charge in [0.15, 0.2) is 0 Å². The Morgan fingerprint density at radius 3 is 2.40 bits per heavy atom. The lowest BCUT2D eigenvalue weighted by Crippen LogP contribution is -2.31. The molecule has 1 aromatic heterocycles. The van der Waals surface area contributed by atoms with E-state index in [0.717, 1.165) is 15.7 Å². The Morgan fingerprint density at radius 2 is 1.72 bits per heavy atom. The lowest BCUT2D eigenvalue weighted by molar-refractivity contribution is 0.430. The Morgan fingerprint density at radius 1 is 1.04 bits per heavy atom. The van der Waals surface area contributed by atoms with Crippen molar-refractivity contribution >= 4 is 11.9 Å². The zero-order valence-corrected chi connectivity index (χ0v) is 13.9. The van der Waals surface area contributed by atoms with Gasteiger partial charge in [0.2, 0.25) is 5.88 Å². The Labute approximate surface area is 143 Å². The second kappa shape index (κ2) is 6.60. The normalized spacial score (nSPS) is 11.1. The molecule has 0 atom stereocenters. The summed E-state index contributed by atoms with van der Waals surface area (Å²) in [6.07, 6.45) is 1.26. The minimum Gasteiger partial charge on any atom is -0.493 e. The molecule has 1 heterocycles. The van der Waals surface area contributed by atoms with Gasteiger partial charge in [-0.3, -0.25) is 14.8 Å². The van der Waals surface area contributed by atoms with Crippen LogP contribution in [-0.2, 0) is 0 Å². The number of H-pyrrole nitrogens is 1. The third-order valence-electron chi connectivity index (χ3n) is 3.85. The molecule has 0 aliphatic rings. The number of hydrogen-bond acceptors (Lipinski definition) is 4. The standard InChI is InChI=1S/C19H17N3O3/c1-12-7-9-14(10-8-12)20-11-15-17(23)21-19(25)22(18(15)24)16-6-4-3-5-13(16)2/h3-11,24H,1-2H3,(H,21,23,25). The fourth-order valence-corrected chi connectivity index (χ4v) is 2.46. The molecule has 0 fully saturated rings. The van der Waals surface area contributed by atoms with Gasteiger partial charge in [-0.2, -0.15) is 0 Å². The fraction of sp³-hybridized carbons (Fsp3) is 0.105. The van der Waals surface area contributed by atoms with Crippen LogP contribution in [0.4, 0.5) is 5.69 Å². The summed E-state index contributed by atoms with van der Waals surface area (Å²) in [5.41, 5.74) is 1.53. The molecule has 3 aromatic rings. The van der Waals surface area contributed by atoms with Crippen LogP contribution in [-0.4, -0.2) is 20.9 Å². The molecule has 126 valence electrons. The molecule has 0 amide bonds. The third-order valence-corrected chi connectivity index (χ3v) is 3.85. The van der Waals surface area contributed by atoms with Crippen LogP contribution in [0, 0.1) is 13.8 Å². The van der Waals surface area contributed by atoms with Crippen LogP contribution in [0.1, 0.15) is 16.7 Å². The van der Waals surface area contributed by atoms with Gasteiger partial charge in [-0.15, -0.1) is 0 Å². The number of aromatic amines is 1. The van der Waals surface area contributed by atoms with E-state index in [1.165, 1.54) is 6.21 Å². The zero-order valence-electron chi connectivity index (χ0n) is 13.9. The highest BCUT2D eigenvalue weighted by Crippen LogP contribution is 2.19. The maximum absolute atomic E-state index is 12.2. The van der Waals surface area contributed by atoms with E-state index >= 15 is 0 Å². The molecular formula is C19H17N3O3. The van der Waals surface area contributed by atoms with Crippen molar-refractivity contribution in [1.29, 1.82) is 0 Å². The van der Waals surface area contributed by atoms with E-state index in [2.05, 4.69) is 9.98 Å². The number of aliphatic imine (C=N–C) groups is 1. The maximum atomic E-state index is 12.2. The van der Waals surface area contributed by atoms with Crippen molar-refractivity contribution in [3.8, 4) is 11.6 Å². The summed E-state index contributed by atoms with van der Waals surface area (Å²) >= 11 is 0. The summed E-state index contributed by atoms with van der Waals surface area (Å²) in [6, 6.07) is 14.5. The first-order valence-corrected chi connectivity index (χ1v) is 7.72. The second-order valence-corrected chi connectivity index (χ2v) is 5.71. The van der Waals surface area contributed by atoms with E-state index < -0.39 is 17.1 Å². The number of rotatable bonds is 3. The molecule has 0 unspecified atom stereocenters. The molecule has 0 bridgehead atoms. The van der Waals surface area contributed by atoms with Crippen molar-refractivity contribution in [3.05, 3.63) is 86.1 Å². The molecule has 25 heavy (non-hydrogen) atoms. The van der Waals surface area contributed by atoms with Crippen LogP contribution in [0.3, 0.4) is 0 Å². The number of aromatic nitrogens is 2. The quantitative estimate of drug-likeness (QED) is 0.721. The molecule has 0 radical (unpaired) electrons. The molecular weight excluding hydrogens is 318 g/mol. The first kappa shape index (κ1) is 16.4. The smallest absolute Gasteiger partial charge is 0.335 e. The van der Waals surface area contributed by atoms with Crippen molar-refractivity contribution in [2.45, 2.75) is 13.8 Å². The molecule has 0 aliphatic heterocycles. The van der Waals surface area contributed by atoms with Crippen LogP contribution < -0.4 is 11.2 Å². The molecule has 0 spiro atoms. The molecule has 0 saturated carbocycles. The van der Waals surface area contributed by atoms with Gasteiger partial charge in [0.1, 0.15) is 5.56 Å². The van der Waals surface area contributed by atoms with Crippen molar-refractivity contribution in [2.24, 2.45) is 4.99 Å². The summed E-state index contributed by atoms with van der Waals surface area (Å²) in [6.45, 7) is 3.77. The van der Waals surface area contributed by atoms with E-state index in [0.29, 0.717) is 11.4 Å². The maximum Gasteiger partial charge on any atom is 0.335 e. The van der Waals surface area contributed by atoms with Crippen molar-refractivity contribution in [3.63, 3.8) is 0 Å². The van der Waals surface area contributed by atoms with E-state index in [-0.39, 0.29) is 5.56 Å². The summed E-state index contributed by atoms with van der Waals surface area (Å²) in [5.74, 6) is -0.445. The Balaban J connectivity index is 2.14. The van der Waals surface area contributed by atoms with Gasteiger partial charge >= 0.3 is 5.69 Å². The minimum atomic E-state index is -0.704. The minimum absolute atomic E-state index is 0.0802. The van der Waals surface area contributed by atoms with Gasteiger partial charge in [-0.05, 0) is 37.6 Å². The van der Waals surface area contributed by atoms with Crippen LogP contribution >= 0.6 is 0 Å². The monoisotopic (exact) mass is 335 g/mol. The van der Waals surface area contributed by atoms with Gasteiger partial charge in [0.05, 0.1) is 11.4 Å². The third kappa shape index (κ3) is 3.28. The molecule has 0 aliphatic carbocycles. The average molecular weight is 335 g/mol. The number of para-hydroxylation sites is 1. The molecule has 2 aromatic carbocycles. The number of benzene rings is 2. The number of aromatic hydroxyl groups is 1. The van der Waals surface area contributed by atoms with Gasteiger partial charge in [0, 0.05) is 6.21 Å². The molecule has 6 heteroatoms. The Bertz CT molecular complexity index is 1060. The van der Waals surface area contributed by atoms with Crippen LogP contribution in [0.2, 0.25) is 0 Å². The molecule has 3 rings (SSSR count). The first-order chi connectivity index (χ1) is 12.0. The van der Waals surface area contributed by atoms with Gasteiger partial charge in [0.25, 0.3) is 5.56 Å². The lowest BCUT2D eigenvalue weighted by atomic mass is 10.2. The van der Waals surface area contributed by atoms with E-state index in [1.807, 2.05) is 38.1 Å². The van der Waals surface area contributed by atoms with E-state index in [1.54, 1.807) is 24.3 Å². The number of aryl methyl sites for hydroxylation is 2. The van der Waals surface area contributed by atoms with Crippen molar-refractivity contribution in [1.82, 2.24) is 9.55 Å². The topological polar surface area (TPSA) is 87.4 Å². The zero-order chi connectivity index (χ0) is 18.0. The van der Waals surface area contributed by atoms with Crippen LogP contribution in [0.5, 0.6) is 5.88 Å². The molecule has 2 N–H and O–H groups in total. The van der Waals surface area contributed by atoms with Gasteiger partial charge in [-0.25, -0.2) is 9.36 Å². The van der Waals surface area contributed by atoms with E-state index in [4.69, 9.17) is 0 Å². The van der Waals surface area contributed by atoms with Crippen molar-refractivity contribution in [2.75, 3.05) is 0 Å². The number of nitrogens with zero attached hydrogens (tertiary/aromatic N) is 2. The summed E-state index contributed by atoms with van der Waals surface area (Å²) < 4.78 is 1.06. The highest BCUT2D eigenvalue weighted by atomic mass is 16.3. The molecule has 6 nitrogen and oxygen atoms in total. The molecule has 0 saturated heterocycles. The predicted molar refractivity (Wildman–Crippen MR) is 97.5 cm³/mol. The first-order valence-electron chi connectivity index (χ1n) is 7.72. The SMILES string of the molecule is Cc1ccc(N=Cc2c(O)n(-c3ccccc3C)c(=O)[nH]c2=O)cc1. The summed E-state index contributed by atoms with van der Waals surface area (Å²) in [7, 11) is 0. The highest BCUT2D eigenvalue weighted by molar-refractivity contribution is 5.84. The van der Waals surface area contributed by atoms with Gasteiger partial charge < -0.3 is 5.11 Å². The fourth-order valence-electron chi connectivity index (χ4n) is 2.46. The highest BCUT2D eigenvalue weighted by Gasteiger charge is 2.15. The largest absolute Gasteiger partial charge is 0.493 e. The van der Waals surface area contributed by atoms with Crippen LogP contribution in [0.25, 0.3) is 5.69 Å². The van der Waals surface area contributed by atoms with Crippen molar-refractivity contribution < 1.29 is 5.11 Å². The number of hydrogen-bond donors (Lipinski definition) is 2. The number of nitrogens with one attached hydrogen (secondary N) is 1.